The van der Waals surface area contributed by atoms with Gasteiger partial charge in [-0.15, -0.1) is 0 Å². The fourth-order valence-electron chi connectivity index (χ4n) is 2.50. The molecular formula is C23H18BrN3O2. The number of hydrazone groups is 1. The molecule has 0 aliphatic heterocycles. The molecule has 0 fully saturated rings. The molecule has 0 atom stereocenters. The molecule has 0 saturated carbocycles. The summed E-state index contributed by atoms with van der Waals surface area (Å²) in [4.78, 5) is 11.9. The van der Waals surface area contributed by atoms with Crippen LogP contribution in [0.25, 0.3) is 0 Å². The first-order chi connectivity index (χ1) is 14.1. The molecule has 6 heteroatoms. The molecule has 3 aromatic rings. The number of nitrogens with zero attached hydrogens (tertiary/aromatic N) is 2. The lowest BCUT2D eigenvalue weighted by atomic mass is 10.1. The SMILES string of the molecule is N#Cc1ccc(COc2ccc(/C=N/NC(=O)Cc3ccc(Br)cc3)cc2)cc1. The van der Waals surface area contributed by atoms with Crippen LogP contribution in [0.15, 0.2) is 82.4 Å². The van der Waals surface area contributed by atoms with E-state index in [0.29, 0.717) is 12.2 Å². The molecule has 3 aromatic carbocycles. The van der Waals surface area contributed by atoms with Crippen molar-refractivity contribution in [3.8, 4) is 11.8 Å². The van der Waals surface area contributed by atoms with Crippen LogP contribution in [0.4, 0.5) is 0 Å². The molecule has 5 nitrogen and oxygen atoms in total. The van der Waals surface area contributed by atoms with Crippen LogP contribution in [-0.4, -0.2) is 12.1 Å². The second kappa shape index (κ2) is 10.2. The molecule has 0 unspecified atom stereocenters. The van der Waals surface area contributed by atoms with Crippen molar-refractivity contribution in [1.82, 2.24) is 5.43 Å². The van der Waals surface area contributed by atoms with Gasteiger partial charge in [0.15, 0.2) is 0 Å². The van der Waals surface area contributed by atoms with E-state index in [4.69, 9.17) is 10.00 Å². The maximum Gasteiger partial charge on any atom is 0.244 e. The lowest BCUT2D eigenvalue weighted by Crippen LogP contribution is -2.19. The summed E-state index contributed by atoms with van der Waals surface area (Å²) in [7, 11) is 0. The number of rotatable bonds is 7. The third kappa shape index (κ3) is 6.59. The van der Waals surface area contributed by atoms with Crippen LogP contribution >= 0.6 is 15.9 Å². The first kappa shape index (κ1) is 20.3. The first-order valence-corrected chi connectivity index (χ1v) is 9.70. The Morgan fingerprint density at radius 1 is 1.00 bits per heavy atom. The van der Waals surface area contributed by atoms with E-state index in [-0.39, 0.29) is 12.3 Å². The van der Waals surface area contributed by atoms with Gasteiger partial charge in [0.1, 0.15) is 12.4 Å². The minimum Gasteiger partial charge on any atom is -0.489 e. The number of nitrogens with one attached hydrogen (secondary N) is 1. The van der Waals surface area contributed by atoms with E-state index in [1.807, 2.05) is 60.7 Å². The van der Waals surface area contributed by atoms with Crippen molar-refractivity contribution in [2.24, 2.45) is 5.10 Å². The predicted molar refractivity (Wildman–Crippen MR) is 116 cm³/mol. The van der Waals surface area contributed by atoms with Crippen LogP contribution in [0.5, 0.6) is 5.75 Å². The van der Waals surface area contributed by atoms with Crippen molar-refractivity contribution in [3.63, 3.8) is 0 Å². The molecule has 29 heavy (non-hydrogen) atoms. The number of carbonyl (C=O) groups is 1. The van der Waals surface area contributed by atoms with Gasteiger partial charge in [0, 0.05) is 4.47 Å². The average molecular weight is 448 g/mol. The minimum atomic E-state index is -0.175. The Labute approximate surface area is 177 Å². The Bertz CT molecular complexity index is 1020. The van der Waals surface area contributed by atoms with Crippen molar-refractivity contribution >= 4 is 28.1 Å². The highest BCUT2D eigenvalue weighted by Crippen LogP contribution is 2.14. The molecule has 0 aromatic heterocycles. The summed E-state index contributed by atoms with van der Waals surface area (Å²) in [5, 5.41) is 12.8. The Morgan fingerprint density at radius 3 is 2.31 bits per heavy atom. The van der Waals surface area contributed by atoms with E-state index >= 15 is 0 Å². The number of ether oxygens (including phenoxy) is 1. The van der Waals surface area contributed by atoms with Gasteiger partial charge in [0.25, 0.3) is 0 Å². The van der Waals surface area contributed by atoms with Gasteiger partial charge in [0.2, 0.25) is 5.91 Å². The number of nitriles is 1. The topological polar surface area (TPSA) is 74.5 Å². The maximum atomic E-state index is 11.9. The number of hydrogen-bond donors (Lipinski definition) is 1. The number of amides is 1. The molecule has 144 valence electrons. The van der Waals surface area contributed by atoms with Crippen LogP contribution in [0.2, 0.25) is 0 Å². The van der Waals surface area contributed by atoms with Gasteiger partial charge in [-0.2, -0.15) is 10.4 Å². The fourth-order valence-corrected chi connectivity index (χ4v) is 2.76. The highest BCUT2D eigenvalue weighted by atomic mass is 79.9. The van der Waals surface area contributed by atoms with Crippen LogP contribution in [0.3, 0.4) is 0 Å². The zero-order chi connectivity index (χ0) is 20.5. The highest BCUT2D eigenvalue weighted by molar-refractivity contribution is 9.10. The first-order valence-electron chi connectivity index (χ1n) is 8.90. The van der Waals surface area contributed by atoms with E-state index in [1.165, 1.54) is 0 Å². The van der Waals surface area contributed by atoms with Crippen LogP contribution in [-0.2, 0) is 17.8 Å². The van der Waals surface area contributed by atoms with Gasteiger partial charge < -0.3 is 4.74 Å². The Kier molecular flexibility index (Phi) is 7.15. The molecule has 3 rings (SSSR count). The Morgan fingerprint density at radius 2 is 1.66 bits per heavy atom. The summed E-state index contributed by atoms with van der Waals surface area (Å²) in [5.74, 6) is 0.553. The summed E-state index contributed by atoms with van der Waals surface area (Å²) in [6, 6.07) is 24.4. The van der Waals surface area contributed by atoms with Gasteiger partial charge in [-0.05, 0) is 65.2 Å². The van der Waals surface area contributed by atoms with Crippen molar-refractivity contribution < 1.29 is 9.53 Å². The molecular weight excluding hydrogens is 430 g/mol. The summed E-state index contributed by atoms with van der Waals surface area (Å²) in [6.45, 7) is 0.422. The average Bonchev–Trinajstić information content (AvgIpc) is 2.75. The molecule has 1 N–H and O–H groups in total. The van der Waals surface area contributed by atoms with E-state index in [0.717, 1.165) is 26.9 Å². The van der Waals surface area contributed by atoms with Gasteiger partial charge >= 0.3 is 0 Å². The van der Waals surface area contributed by atoms with Crippen molar-refractivity contribution in [3.05, 3.63) is 99.5 Å². The molecule has 0 radical (unpaired) electrons. The number of carbonyl (C=O) groups excluding carboxylic acids is 1. The summed E-state index contributed by atoms with van der Waals surface area (Å²) < 4.78 is 6.71. The van der Waals surface area contributed by atoms with E-state index in [2.05, 4.69) is 32.5 Å². The lowest BCUT2D eigenvalue weighted by molar-refractivity contribution is -0.120. The second-order valence-electron chi connectivity index (χ2n) is 6.26. The van der Waals surface area contributed by atoms with Crippen molar-refractivity contribution in [2.45, 2.75) is 13.0 Å². The van der Waals surface area contributed by atoms with Gasteiger partial charge in [-0.1, -0.05) is 40.2 Å². The zero-order valence-electron chi connectivity index (χ0n) is 15.5. The van der Waals surface area contributed by atoms with Crippen molar-refractivity contribution in [1.29, 1.82) is 5.26 Å². The molecule has 0 aliphatic rings. The van der Waals surface area contributed by atoms with E-state index in [1.54, 1.807) is 18.3 Å². The van der Waals surface area contributed by atoms with Crippen LogP contribution in [0, 0.1) is 11.3 Å². The quantitative estimate of drug-likeness (QED) is 0.424. The molecule has 0 aliphatic carbocycles. The molecule has 1 amide bonds. The highest BCUT2D eigenvalue weighted by Gasteiger charge is 2.02. The maximum absolute atomic E-state index is 11.9. The van der Waals surface area contributed by atoms with E-state index in [9.17, 15) is 4.79 Å². The normalized spacial score (nSPS) is 10.5. The molecule has 0 heterocycles. The molecule has 0 saturated heterocycles. The molecule has 0 spiro atoms. The second-order valence-corrected chi connectivity index (χ2v) is 7.18. The van der Waals surface area contributed by atoms with Crippen LogP contribution in [0.1, 0.15) is 22.3 Å². The monoisotopic (exact) mass is 447 g/mol. The summed E-state index contributed by atoms with van der Waals surface area (Å²) in [5.41, 5.74) is 5.91. The number of hydrogen-bond acceptors (Lipinski definition) is 4. The zero-order valence-corrected chi connectivity index (χ0v) is 17.1. The standard InChI is InChI=1S/C23H18BrN3O2/c24-21-9-5-17(6-10-21)13-23(28)27-26-15-19-7-11-22(12-8-19)29-16-20-3-1-18(14-25)2-4-20/h1-12,15H,13,16H2,(H,27,28)/b26-15+. The minimum absolute atomic E-state index is 0.175. The van der Waals surface area contributed by atoms with Gasteiger partial charge in [0.05, 0.1) is 24.3 Å². The third-order valence-corrected chi connectivity index (χ3v) is 4.58. The summed E-state index contributed by atoms with van der Waals surface area (Å²) in [6.07, 6.45) is 1.86. The van der Waals surface area contributed by atoms with Crippen molar-refractivity contribution in [2.75, 3.05) is 0 Å². The van der Waals surface area contributed by atoms with Crippen LogP contribution < -0.4 is 10.2 Å². The Hall–Kier alpha value is -3.43. The smallest absolute Gasteiger partial charge is 0.244 e. The number of benzene rings is 3. The fraction of sp³-hybridized carbons (Fsp3) is 0.0870. The lowest BCUT2D eigenvalue weighted by Gasteiger charge is -2.06. The predicted octanol–water partition coefficient (Wildman–Crippen LogP) is 4.59. The van der Waals surface area contributed by atoms with Gasteiger partial charge in [-0.25, -0.2) is 5.43 Å². The Balaban J connectivity index is 1.46. The summed E-state index contributed by atoms with van der Waals surface area (Å²) >= 11 is 3.37. The number of halogens is 1. The largest absolute Gasteiger partial charge is 0.489 e. The van der Waals surface area contributed by atoms with Gasteiger partial charge in [-0.3, -0.25) is 4.79 Å². The van der Waals surface area contributed by atoms with E-state index < -0.39 is 0 Å². The molecule has 0 bridgehead atoms. The third-order valence-electron chi connectivity index (χ3n) is 4.05.